The first-order chi connectivity index (χ1) is 18.7. The standard InChI is InChI=1S/C23H28FN4O11P/c1-11-8-26(5-6-27(11)23(34)39-10-16(29)25-22(33)40(35,36)37)18-15(24)7-13-17(20(18)38-2)28(12-3-4-12)9-14(19(13)30)21(31)32/h7,9,11-12,22,33H,3-6,8,10H2,1-2H3,(H,25,29)(H,31,32)(H2,35,36,37). The fourth-order valence-electron chi connectivity index (χ4n) is 4.64. The number of hydrogen-bond acceptors (Lipinski definition) is 9. The van der Waals surface area contributed by atoms with Gasteiger partial charge in [-0.2, -0.15) is 0 Å². The minimum atomic E-state index is -4.99. The summed E-state index contributed by atoms with van der Waals surface area (Å²) in [5.41, 5.74) is -0.993. The number of amides is 2. The molecule has 2 aromatic rings. The average molecular weight is 586 g/mol. The molecule has 2 atom stereocenters. The maximum atomic E-state index is 15.6. The van der Waals surface area contributed by atoms with E-state index in [2.05, 4.69) is 0 Å². The summed E-state index contributed by atoms with van der Waals surface area (Å²) in [5, 5.41) is 20.2. The molecule has 1 aromatic carbocycles. The average Bonchev–Trinajstić information content (AvgIpc) is 3.71. The Labute approximate surface area is 225 Å². The molecule has 1 aliphatic carbocycles. The molecule has 1 saturated carbocycles. The number of rotatable bonds is 8. The van der Waals surface area contributed by atoms with Gasteiger partial charge in [0, 0.05) is 37.9 Å². The molecule has 218 valence electrons. The molecule has 2 amide bonds. The van der Waals surface area contributed by atoms with Gasteiger partial charge >= 0.3 is 19.7 Å². The van der Waals surface area contributed by atoms with Crippen molar-refractivity contribution in [3.63, 3.8) is 0 Å². The number of aliphatic hydroxyl groups is 1. The number of carbonyl (C=O) groups excluding carboxylic acids is 2. The van der Waals surface area contributed by atoms with Crippen LogP contribution in [0, 0.1) is 5.82 Å². The van der Waals surface area contributed by atoms with Crippen LogP contribution in [-0.2, 0) is 14.1 Å². The van der Waals surface area contributed by atoms with Crippen molar-refractivity contribution in [3.05, 3.63) is 33.9 Å². The number of aliphatic hydroxyl groups excluding tert-OH is 1. The number of halogens is 1. The van der Waals surface area contributed by atoms with Crippen LogP contribution in [0.3, 0.4) is 0 Å². The van der Waals surface area contributed by atoms with Gasteiger partial charge in [0.05, 0.1) is 18.0 Å². The van der Waals surface area contributed by atoms with E-state index in [0.29, 0.717) is 0 Å². The number of aromatic carboxylic acids is 1. The smallest absolute Gasteiger partial charge is 0.410 e. The predicted molar refractivity (Wildman–Crippen MR) is 136 cm³/mol. The number of benzene rings is 1. The summed E-state index contributed by atoms with van der Waals surface area (Å²) in [7, 11) is -3.68. The van der Waals surface area contributed by atoms with Crippen LogP contribution in [0.25, 0.3) is 10.9 Å². The molecule has 0 radical (unpaired) electrons. The topological polar surface area (TPSA) is 208 Å². The molecule has 1 aliphatic heterocycles. The van der Waals surface area contributed by atoms with E-state index in [4.69, 9.17) is 19.3 Å². The molecule has 5 N–H and O–H groups in total. The van der Waals surface area contributed by atoms with Gasteiger partial charge in [-0.1, -0.05) is 0 Å². The van der Waals surface area contributed by atoms with Gasteiger partial charge in [-0.3, -0.25) is 14.2 Å². The van der Waals surface area contributed by atoms with E-state index >= 15 is 4.39 Å². The van der Waals surface area contributed by atoms with Gasteiger partial charge in [0.1, 0.15) is 11.3 Å². The van der Waals surface area contributed by atoms with Crippen LogP contribution in [0.4, 0.5) is 14.9 Å². The van der Waals surface area contributed by atoms with Gasteiger partial charge in [0.25, 0.3) is 5.91 Å². The lowest BCUT2D eigenvalue weighted by Crippen LogP contribution is -2.54. The molecule has 4 rings (SSSR count). The van der Waals surface area contributed by atoms with Crippen molar-refractivity contribution in [1.29, 1.82) is 0 Å². The van der Waals surface area contributed by atoms with Crippen molar-refractivity contribution in [2.75, 3.05) is 38.3 Å². The highest BCUT2D eigenvalue weighted by atomic mass is 31.2. The van der Waals surface area contributed by atoms with Crippen LogP contribution in [0.5, 0.6) is 5.75 Å². The fourth-order valence-corrected chi connectivity index (χ4v) is 4.95. The van der Waals surface area contributed by atoms with E-state index in [1.807, 2.05) is 0 Å². The molecule has 1 saturated heterocycles. The Balaban J connectivity index is 1.56. The minimum Gasteiger partial charge on any atom is -0.492 e. The van der Waals surface area contributed by atoms with Gasteiger partial charge in [-0.15, -0.1) is 0 Å². The number of pyridine rings is 1. The monoisotopic (exact) mass is 586 g/mol. The van der Waals surface area contributed by atoms with Crippen LogP contribution in [-0.4, -0.2) is 92.8 Å². The minimum absolute atomic E-state index is 0.0285. The molecule has 1 aromatic heterocycles. The lowest BCUT2D eigenvalue weighted by molar-refractivity contribution is -0.126. The Hall–Kier alpha value is -3.72. The number of ether oxygens (including phenoxy) is 2. The molecule has 17 heteroatoms. The third kappa shape index (κ3) is 5.75. The second kappa shape index (κ2) is 11.0. The SMILES string of the molecule is COc1c(N2CCN(C(=O)OCC(=O)NC(O)P(=O)(O)O)C(C)C2)c(F)cc2c(=O)c(C(=O)O)cn(C3CC3)c12. The summed E-state index contributed by atoms with van der Waals surface area (Å²) in [6.45, 7) is 0.962. The zero-order chi connectivity index (χ0) is 29.5. The highest BCUT2D eigenvalue weighted by Crippen LogP contribution is 2.44. The first-order valence-electron chi connectivity index (χ1n) is 12.1. The molecule has 40 heavy (non-hydrogen) atoms. The van der Waals surface area contributed by atoms with Crippen LogP contribution in [0.2, 0.25) is 0 Å². The zero-order valence-electron chi connectivity index (χ0n) is 21.4. The third-order valence-electron chi connectivity index (χ3n) is 6.69. The summed E-state index contributed by atoms with van der Waals surface area (Å²) in [6, 6.07) is 0.361. The largest absolute Gasteiger partial charge is 0.492 e. The molecule has 0 bridgehead atoms. The lowest BCUT2D eigenvalue weighted by atomic mass is 10.1. The number of fused-ring (bicyclic) bond motifs is 1. The van der Waals surface area contributed by atoms with E-state index < -0.39 is 61.0 Å². The number of aromatic nitrogens is 1. The first-order valence-corrected chi connectivity index (χ1v) is 13.8. The van der Waals surface area contributed by atoms with Crippen molar-refractivity contribution in [2.24, 2.45) is 0 Å². The number of nitrogens with zero attached hydrogens (tertiary/aromatic N) is 3. The number of methoxy groups -OCH3 is 1. The molecule has 2 heterocycles. The number of carbonyl (C=O) groups is 3. The Morgan fingerprint density at radius 1 is 1.25 bits per heavy atom. The van der Waals surface area contributed by atoms with Gasteiger partial charge in [-0.05, 0) is 25.8 Å². The molecule has 0 spiro atoms. The van der Waals surface area contributed by atoms with Crippen molar-refractivity contribution < 1.29 is 52.8 Å². The number of hydrogen-bond donors (Lipinski definition) is 5. The van der Waals surface area contributed by atoms with Crippen molar-refractivity contribution >= 4 is 42.2 Å². The molecular weight excluding hydrogens is 558 g/mol. The highest BCUT2D eigenvalue weighted by molar-refractivity contribution is 7.52. The van der Waals surface area contributed by atoms with Crippen molar-refractivity contribution in [2.45, 2.75) is 37.8 Å². The second-order valence-corrected chi connectivity index (χ2v) is 11.2. The van der Waals surface area contributed by atoms with E-state index in [1.54, 1.807) is 21.7 Å². The molecular formula is C23H28FN4O11P. The Kier molecular flexibility index (Phi) is 8.08. The highest BCUT2D eigenvalue weighted by Gasteiger charge is 2.35. The summed E-state index contributed by atoms with van der Waals surface area (Å²) in [5.74, 6) is -5.75. The number of anilines is 1. The maximum absolute atomic E-state index is 15.6. The molecule has 2 fully saturated rings. The van der Waals surface area contributed by atoms with Gasteiger partial charge in [0.15, 0.2) is 18.2 Å². The zero-order valence-corrected chi connectivity index (χ0v) is 22.3. The third-order valence-corrected chi connectivity index (χ3v) is 7.45. The first kappa shape index (κ1) is 29.3. The Morgan fingerprint density at radius 2 is 1.93 bits per heavy atom. The van der Waals surface area contributed by atoms with E-state index in [0.717, 1.165) is 18.9 Å². The number of carboxylic acids is 1. The molecule has 2 unspecified atom stereocenters. The van der Waals surface area contributed by atoms with Crippen LogP contribution < -0.4 is 20.4 Å². The summed E-state index contributed by atoms with van der Waals surface area (Å²) < 4.78 is 38.6. The lowest BCUT2D eigenvalue weighted by Gasteiger charge is -2.40. The normalized spacial score (nSPS) is 18.4. The van der Waals surface area contributed by atoms with E-state index in [-0.39, 0.29) is 48.0 Å². The van der Waals surface area contributed by atoms with Crippen molar-refractivity contribution in [1.82, 2.24) is 14.8 Å². The summed E-state index contributed by atoms with van der Waals surface area (Å²) in [4.78, 5) is 69.4. The van der Waals surface area contributed by atoms with E-state index in [9.17, 15) is 34.0 Å². The predicted octanol–water partition coefficient (Wildman–Crippen LogP) is 0.399. The van der Waals surface area contributed by atoms with Crippen LogP contribution in [0.15, 0.2) is 17.1 Å². The molecule has 15 nitrogen and oxygen atoms in total. The van der Waals surface area contributed by atoms with Gasteiger partial charge in [0.2, 0.25) is 11.4 Å². The van der Waals surface area contributed by atoms with Crippen LogP contribution in [0.1, 0.15) is 36.2 Å². The fraction of sp³-hybridized carbons (Fsp3) is 0.478. The van der Waals surface area contributed by atoms with Crippen LogP contribution >= 0.6 is 7.60 Å². The Bertz CT molecular complexity index is 1470. The number of nitrogens with one attached hydrogen (secondary N) is 1. The maximum Gasteiger partial charge on any atom is 0.410 e. The van der Waals surface area contributed by atoms with Crippen molar-refractivity contribution in [3.8, 4) is 5.75 Å². The Morgan fingerprint density at radius 3 is 2.48 bits per heavy atom. The summed E-state index contributed by atoms with van der Waals surface area (Å²) >= 11 is 0. The van der Waals surface area contributed by atoms with Gasteiger partial charge in [-0.25, -0.2) is 14.0 Å². The summed E-state index contributed by atoms with van der Waals surface area (Å²) in [6.07, 6.45) is 1.84. The van der Waals surface area contributed by atoms with Gasteiger partial charge < -0.3 is 49.2 Å². The van der Waals surface area contributed by atoms with E-state index in [1.165, 1.54) is 18.2 Å². The quantitative estimate of drug-likeness (QED) is 0.210. The number of piperazine rings is 1. The number of carboxylic acid groups (broad SMARTS) is 1. The molecule has 2 aliphatic rings. The second-order valence-electron chi connectivity index (χ2n) is 9.53.